The number of aliphatic hydroxyl groups is 6. The Bertz CT molecular complexity index is 693. The summed E-state index contributed by atoms with van der Waals surface area (Å²) < 4.78 is 20.1. The number of carbonyl (C=O) groups excluding carboxylic acids is 2. The van der Waals surface area contributed by atoms with E-state index in [0.717, 1.165) is 25.7 Å². The van der Waals surface area contributed by atoms with E-state index >= 15 is 0 Å². The summed E-state index contributed by atoms with van der Waals surface area (Å²) in [7, 11) is 0. The quantitative estimate of drug-likeness (QED) is 0.135. The van der Waals surface area contributed by atoms with E-state index in [1.165, 1.54) is 12.8 Å². The van der Waals surface area contributed by atoms with Crippen molar-refractivity contribution in [2.45, 2.75) is 101 Å². The van der Waals surface area contributed by atoms with E-state index < -0.39 is 79.6 Å². The zero-order valence-corrected chi connectivity index (χ0v) is 19.2. The molecule has 12 heteroatoms. The highest BCUT2D eigenvalue weighted by Gasteiger charge is 2.48. The predicted octanol–water partition coefficient (Wildman–Crippen LogP) is -0.457. The van der Waals surface area contributed by atoms with Crippen LogP contribution in [0.3, 0.4) is 0 Å². The van der Waals surface area contributed by atoms with Gasteiger partial charge >= 0.3 is 11.9 Å². The lowest BCUT2D eigenvalue weighted by Gasteiger charge is -2.39. The molecule has 34 heavy (non-hydrogen) atoms. The number of hydrogen-bond donors (Lipinski definition) is 6. The number of unbranched alkanes of at least 4 members (excludes halogenated alkanes) is 6. The lowest BCUT2D eigenvalue weighted by molar-refractivity contribution is -0.291. The Hall–Kier alpha value is -1.96. The molecule has 0 radical (unpaired) electrons. The molecule has 2 aliphatic rings. The van der Waals surface area contributed by atoms with Gasteiger partial charge in [0.25, 0.3) is 0 Å². The van der Waals surface area contributed by atoms with Crippen LogP contribution in [-0.2, 0) is 28.5 Å². The Morgan fingerprint density at radius 2 is 1.68 bits per heavy atom. The van der Waals surface area contributed by atoms with E-state index in [4.69, 9.17) is 18.9 Å². The lowest BCUT2D eigenvalue weighted by atomic mass is 9.99. The maximum atomic E-state index is 12.1. The van der Waals surface area contributed by atoms with Crippen LogP contribution >= 0.6 is 0 Å². The number of carbonyl (C=O) groups is 2. The van der Waals surface area contributed by atoms with Crippen molar-refractivity contribution in [2.75, 3.05) is 13.2 Å². The summed E-state index contributed by atoms with van der Waals surface area (Å²) in [5.74, 6) is -3.33. The lowest BCUT2D eigenvalue weighted by Crippen LogP contribution is -2.59. The van der Waals surface area contributed by atoms with E-state index in [2.05, 4.69) is 6.92 Å². The molecule has 196 valence electrons. The van der Waals surface area contributed by atoms with Gasteiger partial charge in [-0.25, -0.2) is 4.79 Å². The molecule has 2 heterocycles. The Kier molecular flexibility index (Phi) is 11.5. The molecule has 0 aromatic heterocycles. The highest BCUT2D eigenvalue weighted by molar-refractivity contribution is 5.89. The van der Waals surface area contributed by atoms with Gasteiger partial charge in [0.05, 0.1) is 6.61 Å². The van der Waals surface area contributed by atoms with Gasteiger partial charge in [0.15, 0.2) is 11.9 Å². The van der Waals surface area contributed by atoms with Crippen LogP contribution in [0.5, 0.6) is 0 Å². The van der Waals surface area contributed by atoms with E-state index in [9.17, 15) is 40.2 Å². The minimum Gasteiger partial charge on any atom is -0.505 e. The van der Waals surface area contributed by atoms with Crippen molar-refractivity contribution in [3.63, 3.8) is 0 Å². The minimum absolute atomic E-state index is 0.179. The fourth-order valence-electron chi connectivity index (χ4n) is 3.67. The second-order valence-electron chi connectivity index (χ2n) is 8.48. The summed E-state index contributed by atoms with van der Waals surface area (Å²) in [6.07, 6.45) is -3.99. The Morgan fingerprint density at radius 1 is 1.03 bits per heavy atom. The van der Waals surface area contributed by atoms with Crippen LogP contribution < -0.4 is 0 Å². The van der Waals surface area contributed by atoms with Crippen molar-refractivity contribution in [1.29, 1.82) is 0 Å². The highest BCUT2D eigenvalue weighted by atomic mass is 16.7. The molecular formula is C22H36O12. The van der Waals surface area contributed by atoms with E-state index in [1.807, 2.05) is 0 Å². The molecule has 7 atom stereocenters. The third-order valence-electron chi connectivity index (χ3n) is 5.75. The zero-order chi connectivity index (χ0) is 25.3. The van der Waals surface area contributed by atoms with Gasteiger partial charge in [0.1, 0.15) is 37.1 Å². The average molecular weight is 493 g/mol. The normalized spacial score (nSPS) is 30.2. The summed E-state index contributed by atoms with van der Waals surface area (Å²) in [6, 6.07) is 0. The van der Waals surface area contributed by atoms with Gasteiger partial charge < -0.3 is 49.6 Å². The molecule has 2 unspecified atom stereocenters. The molecule has 0 bridgehead atoms. The molecule has 0 aliphatic carbocycles. The van der Waals surface area contributed by atoms with Gasteiger partial charge in [-0.15, -0.1) is 0 Å². The largest absolute Gasteiger partial charge is 0.505 e. The molecule has 1 fully saturated rings. The van der Waals surface area contributed by atoms with Crippen LogP contribution in [-0.4, -0.2) is 98.7 Å². The fourth-order valence-corrected chi connectivity index (χ4v) is 3.67. The molecule has 0 aromatic carbocycles. The van der Waals surface area contributed by atoms with Crippen molar-refractivity contribution in [2.24, 2.45) is 0 Å². The summed E-state index contributed by atoms with van der Waals surface area (Å²) in [5.41, 5.74) is 0. The molecular weight excluding hydrogens is 456 g/mol. The molecule has 12 nitrogen and oxygen atoms in total. The fraction of sp³-hybridized carbons (Fsp3) is 0.818. The van der Waals surface area contributed by atoms with E-state index in [1.54, 1.807) is 0 Å². The maximum Gasteiger partial charge on any atom is 0.378 e. The van der Waals surface area contributed by atoms with Crippen LogP contribution in [0.4, 0.5) is 0 Å². The Morgan fingerprint density at radius 3 is 2.32 bits per heavy atom. The molecule has 6 N–H and O–H groups in total. The Labute approximate surface area is 197 Å². The van der Waals surface area contributed by atoms with Crippen LogP contribution in [0.1, 0.15) is 58.3 Å². The number of rotatable bonds is 14. The van der Waals surface area contributed by atoms with Gasteiger partial charge in [-0.05, 0) is 6.42 Å². The summed E-state index contributed by atoms with van der Waals surface area (Å²) in [4.78, 5) is 24.0. The third-order valence-corrected chi connectivity index (χ3v) is 5.75. The second-order valence-corrected chi connectivity index (χ2v) is 8.48. The first-order valence-corrected chi connectivity index (χ1v) is 11.7. The van der Waals surface area contributed by atoms with Crippen molar-refractivity contribution in [3.05, 3.63) is 11.5 Å². The predicted molar refractivity (Wildman–Crippen MR) is 114 cm³/mol. The summed E-state index contributed by atoms with van der Waals surface area (Å²) >= 11 is 0. The highest BCUT2D eigenvalue weighted by Crippen LogP contribution is 2.29. The number of ether oxygens (including phenoxy) is 4. The van der Waals surface area contributed by atoms with E-state index in [0.29, 0.717) is 6.42 Å². The molecule has 0 saturated carbocycles. The number of hydrogen-bond acceptors (Lipinski definition) is 12. The van der Waals surface area contributed by atoms with Crippen LogP contribution in [0.2, 0.25) is 0 Å². The second kappa shape index (κ2) is 13.8. The molecule has 2 aliphatic heterocycles. The van der Waals surface area contributed by atoms with Crippen molar-refractivity contribution in [3.8, 4) is 0 Å². The molecule has 0 amide bonds. The van der Waals surface area contributed by atoms with Crippen molar-refractivity contribution >= 4 is 11.9 Å². The minimum atomic E-state index is -1.82. The van der Waals surface area contributed by atoms with Gasteiger partial charge in [0.2, 0.25) is 12.0 Å². The zero-order valence-electron chi connectivity index (χ0n) is 19.2. The number of aliphatic hydroxyl groups excluding tert-OH is 6. The van der Waals surface area contributed by atoms with Crippen molar-refractivity contribution < 1.29 is 59.2 Å². The van der Waals surface area contributed by atoms with Gasteiger partial charge in [-0.3, -0.25) is 4.79 Å². The summed E-state index contributed by atoms with van der Waals surface area (Å²) in [6.45, 7) is 0.886. The molecule has 0 aromatic rings. The smallest absolute Gasteiger partial charge is 0.378 e. The number of esters is 2. The molecule has 0 spiro atoms. The standard InChI is InChI=1S/C22H36O12/c1-2-3-4-5-6-7-8-9-14(25)31-11-12(24)19-18(29)20(21(30)33-19)34-22-17(28)16(27)15(26)13(10-23)32-22/h12-13,15-17,19,22-24,26-29H,2-11H2,1H3/t12-,13?,15+,16?,17-,19+,22-/m0/s1. The van der Waals surface area contributed by atoms with Gasteiger partial charge in [-0.2, -0.15) is 0 Å². The van der Waals surface area contributed by atoms with Gasteiger partial charge in [0, 0.05) is 6.42 Å². The third kappa shape index (κ3) is 7.52. The van der Waals surface area contributed by atoms with Gasteiger partial charge in [-0.1, -0.05) is 45.4 Å². The SMILES string of the molecule is CCCCCCCCCC(=O)OC[C@H](O)[C@H]1OC(=O)C(O[C@@H]2OC(CO)[C@@H](O)C(O)[C@@H]2O)=C1O. The summed E-state index contributed by atoms with van der Waals surface area (Å²) in [5, 5.41) is 59.3. The van der Waals surface area contributed by atoms with Crippen LogP contribution in [0.25, 0.3) is 0 Å². The first-order valence-electron chi connectivity index (χ1n) is 11.7. The molecule has 2 rings (SSSR count). The first-order chi connectivity index (χ1) is 16.2. The monoisotopic (exact) mass is 492 g/mol. The van der Waals surface area contributed by atoms with Crippen LogP contribution in [0, 0.1) is 0 Å². The Balaban J connectivity index is 1.82. The van der Waals surface area contributed by atoms with E-state index in [-0.39, 0.29) is 6.42 Å². The maximum absolute atomic E-state index is 12.1. The number of cyclic esters (lactones) is 1. The van der Waals surface area contributed by atoms with Crippen molar-refractivity contribution in [1.82, 2.24) is 0 Å². The first kappa shape index (κ1) is 28.3. The topological polar surface area (TPSA) is 192 Å². The van der Waals surface area contributed by atoms with Crippen LogP contribution in [0.15, 0.2) is 11.5 Å². The average Bonchev–Trinajstić information content (AvgIpc) is 3.10. The molecule has 1 saturated heterocycles.